The first kappa shape index (κ1) is 13.3. The molecule has 0 aromatic rings. The van der Waals surface area contributed by atoms with Crippen molar-refractivity contribution in [2.75, 3.05) is 19.8 Å². The van der Waals surface area contributed by atoms with Crippen LogP contribution in [0, 0.1) is 0 Å². The predicted octanol–water partition coefficient (Wildman–Crippen LogP) is 2.15. The highest BCUT2D eigenvalue weighted by atomic mass is 16.5. The van der Waals surface area contributed by atoms with Crippen molar-refractivity contribution in [3.63, 3.8) is 0 Å². The van der Waals surface area contributed by atoms with E-state index in [4.69, 9.17) is 10.5 Å². The van der Waals surface area contributed by atoms with Gasteiger partial charge >= 0.3 is 0 Å². The summed E-state index contributed by atoms with van der Waals surface area (Å²) in [5.41, 5.74) is 6.13. The standard InChI is InChI=1S/C14H28N2O/c1-2-8-17-9-4-7-16-13-5-3-6-14(16)11-12(15)10-13/h12-14H,2-11,15H2,1H3. The van der Waals surface area contributed by atoms with Crippen molar-refractivity contribution < 1.29 is 4.74 Å². The molecule has 2 saturated heterocycles. The van der Waals surface area contributed by atoms with Crippen LogP contribution in [0.4, 0.5) is 0 Å². The second-order valence-electron chi connectivity index (χ2n) is 5.67. The lowest BCUT2D eigenvalue weighted by molar-refractivity contribution is 0.0219. The number of nitrogens with two attached hydrogens (primary N) is 1. The zero-order valence-corrected chi connectivity index (χ0v) is 11.2. The summed E-state index contributed by atoms with van der Waals surface area (Å²) in [6, 6.07) is 1.99. The van der Waals surface area contributed by atoms with Crippen molar-refractivity contribution in [3.05, 3.63) is 0 Å². The Labute approximate surface area is 106 Å². The summed E-state index contributed by atoms with van der Waals surface area (Å²) in [4.78, 5) is 2.72. The molecule has 100 valence electrons. The van der Waals surface area contributed by atoms with Gasteiger partial charge in [0.25, 0.3) is 0 Å². The van der Waals surface area contributed by atoms with Gasteiger partial charge < -0.3 is 10.5 Å². The maximum absolute atomic E-state index is 6.13. The van der Waals surface area contributed by atoms with E-state index in [1.807, 2.05) is 0 Å². The Kier molecular flexibility index (Phi) is 5.26. The van der Waals surface area contributed by atoms with E-state index < -0.39 is 0 Å². The van der Waals surface area contributed by atoms with Gasteiger partial charge in [-0.15, -0.1) is 0 Å². The molecule has 2 N–H and O–H groups in total. The molecule has 0 aromatic carbocycles. The van der Waals surface area contributed by atoms with Crippen LogP contribution >= 0.6 is 0 Å². The molecule has 0 saturated carbocycles. The van der Waals surface area contributed by atoms with E-state index in [1.165, 1.54) is 45.1 Å². The van der Waals surface area contributed by atoms with Crippen LogP contribution < -0.4 is 5.73 Å². The highest BCUT2D eigenvalue weighted by Gasteiger charge is 2.36. The Hall–Kier alpha value is -0.120. The average molecular weight is 240 g/mol. The first-order valence-corrected chi connectivity index (χ1v) is 7.40. The van der Waals surface area contributed by atoms with Gasteiger partial charge in [0.2, 0.25) is 0 Å². The Morgan fingerprint density at radius 3 is 2.53 bits per heavy atom. The number of ether oxygens (including phenoxy) is 1. The minimum absolute atomic E-state index is 0.456. The minimum atomic E-state index is 0.456. The summed E-state index contributed by atoms with van der Waals surface area (Å²) >= 11 is 0. The molecule has 2 aliphatic heterocycles. The molecule has 2 atom stereocenters. The molecule has 2 heterocycles. The number of nitrogens with zero attached hydrogens (tertiary/aromatic N) is 1. The third-order valence-electron chi connectivity index (χ3n) is 4.22. The van der Waals surface area contributed by atoms with Crippen molar-refractivity contribution >= 4 is 0 Å². The Morgan fingerprint density at radius 1 is 1.18 bits per heavy atom. The fourth-order valence-corrected chi connectivity index (χ4v) is 3.48. The van der Waals surface area contributed by atoms with Crippen LogP contribution in [-0.4, -0.2) is 42.8 Å². The summed E-state index contributed by atoms with van der Waals surface area (Å²) in [6.45, 7) is 5.22. The molecule has 2 rings (SSSR count). The van der Waals surface area contributed by atoms with Crippen molar-refractivity contribution in [1.82, 2.24) is 4.90 Å². The Bertz CT molecular complexity index is 208. The number of piperidine rings is 2. The van der Waals surface area contributed by atoms with Gasteiger partial charge in [0, 0.05) is 37.9 Å². The van der Waals surface area contributed by atoms with Gasteiger partial charge in [0.05, 0.1) is 0 Å². The maximum atomic E-state index is 6.13. The van der Waals surface area contributed by atoms with Gasteiger partial charge in [-0.25, -0.2) is 0 Å². The summed E-state index contributed by atoms with van der Waals surface area (Å²) in [5.74, 6) is 0. The molecule has 0 amide bonds. The van der Waals surface area contributed by atoms with Gasteiger partial charge in [-0.2, -0.15) is 0 Å². The average Bonchev–Trinajstić information content (AvgIpc) is 2.29. The van der Waals surface area contributed by atoms with Crippen LogP contribution in [0.3, 0.4) is 0 Å². The van der Waals surface area contributed by atoms with E-state index >= 15 is 0 Å². The van der Waals surface area contributed by atoms with Gasteiger partial charge in [0.15, 0.2) is 0 Å². The Balaban J connectivity index is 1.72. The highest BCUT2D eigenvalue weighted by Crippen LogP contribution is 2.33. The van der Waals surface area contributed by atoms with Crippen molar-refractivity contribution in [2.45, 2.75) is 70.0 Å². The molecule has 3 heteroatoms. The lowest BCUT2D eigenvalue weighted by Crippen LogP contribution is -2.55. The highest BCUT2D eigenvalue weighted by molar-refractivity contribution is 4.93. The van der Waals surface area contributed by atoms with Gasteiger partial charge in [-0.1, -0.05) is 13.3 Å². The summed E-state index contributed by atoms with van der Waals surface area (Å²) in [5, 5.41) is 0. The van der Waals surface area contributed by atoms with E-state index in [2.05, 4.69) is 11.8 Å². The van der Waals surface area contributed by atoms with Crippen LogP contribution in [0.5, 0.6) is 0 Å². The summed E-state index contributed by atoms with van der Waals surface area (Å²) < 4.78 is 5.57. The fourth-order valence-electron chi connectivity index (χ4n) is 3.48. The largest absolute Gasteiger partial charge is 0.381 e. The van der Waals surface area contributed by atoms with Crippen molar-refractivity contribution in [1.29, 1.82) is 0 Å². The molecule has 2 aliphatic rings. The lowest BCUT2D eigenvalue weighted by atomic mass is 9.82. The molecule has 2 bridgehead atoms. The monoisotopic (exact) mass is 240 g/mol. The van der Waals surface area contributed by atoms with Crippen LogP contribution in [-0.2, 0) is 4.74 Å². The Morgan fingerprint density at radius 2 is 1.88 bits per heavy atom. The molecular weight excluding hydrogens is 212 g/mol. The van der Waals surface area contributed by atoms with Crippen LogP contribution in [0.25, 0.3) is 0 Å². The zero-order chi connectivity index (χ0) is 12.1. The van der Waals surface area contributed by atoms with E-state index in [1.54, 1.807) is 0 Å². The van der Waals surface area contributed by atoms with Crippen molar-refractivity contribution in [3.8, 4) is 0 Å². The first-order chi connectivity index (χ1) is 8.31. The quantitative estimate of drug-likeness (QED) is 0.723. The molecule has 3 nitrogen and oxygen atoms in total. The van der Waals surface area contributed by atoms with Crippen LogP contribution in [0.15, 0.2) is 0 Å². The number of hydrogen-bond acceptors (Lipinski definition) is 3. The summed E-state index contributed by atoms with van der Waals surface area (Å²) in [7, 11) is 0. The van der Waals surface area contributed by atoms with Gasteiger partial charge in [0.1, 0.15) is 0 Å². The van der Waals surface area contributed by atoms with Crippen molar-refractivity contribution in [2.24, 2.45) is 5.73 Å². The topological polar surface area (TPSA) is 38.5 Å². The second kappa shape index (κ2) is 6.72. The fraction of sp³-hybridized carbons (Fsp3) is 1.00. The van der Waals surface area contributed by atoms with Gasteiger partial charge in [-0.3, -0.25) is 4.90 Å². The second-order valence-corrected chi connectivity index (χ2v) is 5.67. The molecule has 2 fully saturated rings. The number of rotatable bonds is 6. The third-order valence-corrected chi connectivity index (χ3v) is 4.22. The van der Waals surface area contributed by atoms with Gasteiger partial charge in [-0.05, 0) is 38.5 Å². The molecule has 0 spiro atoms. The first-order valence-electron chi connectivity index (χ1n) is 7.40. The SMILES string of the molecule is CCCOCCCN1C2CCCC1CC(N)C2. The molecule has 2 unspecified atom stereocenters. The van der Waals surface area contributed by atoms with Crippen LogP contribution in [0.1, 0.15) is 51.9 Å². The molecule has 0 aliphatic carbocycles. The smallest absolute Gasteiger partial charge is 0.0478 e. The lowest BCUT2D eigenvalue weighted by Gasteiger charge is -2.48. The minimum Gasteiger partial charge on any atom is -0.381 e. The maximum Gasteiger partial charge on any atom is 0.0478 e. The molecular formula is C14H28N2O. The van der Waals surface area contributed by atoms with Crippen LogP contribution in [0.2, 0.25) is 0 Å². The summed E-state index contributed by atoms with van der Waals surface area (Å²) in [6.07, 6.45) is 8.87. The third kappa shape index (κ3) is 3.67. The molecule has 17 heavy (non-hydrogen) atoms. The number of hydrogen-bond donors (Lipinski definition) is 1. The molecule has 0 radical (unpaired) electrons. The zero-order valence-electron chi connectivity index (χ0n) is 11.2. The normalized spacial score (nSPS) is 33.9. The van der Waals surface area contributed by atoms with E-state index in [0.717, 1.165) is 31.7 Å². The van der Waals surface area contributed by atoms with E-state index in [0.29, 0.717) is 6.04 Å². The van der Waals surface area contributed by atoms with E-state index in [-0.39, 0.29) is 0 Å². The molecule has 0 aromatic heterocycles. The predicted molar refractivity (Wildman–Crippen MR) is 71.1 cm³/mol. The number of fused-ring (bicyclic) bond motifs is 2. The van der Waals surface area contributed by atoms with E-state index in [9.17, 15) is 0 Å².